The fraction of sp³-hybridized carbons (Fsp3) is 0.571. The highest BCUT2D eigenvalue weighted by molar-refractivity contribution is 5.56. The normalized spacial score (nSPS) is 23.1. The Balaban J connectivity index is 1.95. The molecule has 2 atom stereocenters. The zero-order chi connectivity index (χ0) is 13.0. The molecular weight excluding hydrogens is 233 g/mol. The van der Waals surface area contributed by atoms with Crippen LogP contribution in [-0.2, 0) is 4.74 Å². The second-order valence-corrected chi connectivity index (χ2v) is 4.60. The summed E-state index contributed by atoms with van der Waals surface area (Å²) < 4.78 is 24.3. The lowest BCUT2D eigenvalue weighted by molar-refractivity contribution is 0.0636. The summed E-state index contributed by atoms with van der Waals surface area (Å²) >= 11 is 0. The maximum absolute atomic E-state index is 13.1. The number of nitrogens with one attached hydrogen (secondary N) is 1. The summed E-state index contributed by atoms with van der Waals surface area (Å²) in [6, 6.07) is 4.55. The summed E-state index contributed by atoms with van der Waals surface area (Å²) in [5.74, 6) is 0.276. The molecule has 100 valence electrons. The first kappa shape index (κ1) is 13.1. The monoisotopic (exact) mass is 253 g/mol. The summed E-state index contributed by atoms with van der Waals surface area (Å²) in [4.78, 5) is 0. The Labute approximate surface area is 107 Å². The maximum atomic E-state index is 13.1. The summed E-state index contributed by atoms with van der Waals surface area (Å²) in [5, 5.41) is 3.27. The standard InChI is InChI=1S/C14H20FNO2/c1-3-17-14-8-11(15)5-7-13(14)16-9-12-6-4-10(2)18-12/h5,7-8,10,12,16H,3-4,6,9H2,1-2H3. The Morgan fingerprint density at radius 3 is 2.94 bits per heavy atom. The topological polar surface area (TPSA) is 30.5 Å². The van der Waals surface area contributed by atoms with E-state index in [0.29, 0.717) is 18.5 Å². The molecule has 1 N–H and O–H groups in total. The van der Waals surface area contributed by atoms with Gasteiger partial charge in [-0.25, -0.2) is 4.39 Å². The van der Waals surface area contributed by atoms with Gasteiger partial charge in [-0.15, -0.1) is 0 Å². The third-order valence-electron chi connectivity index (χ3n) is 3.08. The van der Waals surface area contributed by atoms with Crippen molar-refractivity contribution in [3.8, 4) is 5.75 Å². The third-order valence-corrected chi connectivity index (χ3v) is 3.08. The van der Waals surface area contributed by atoms with E-state index in [1.54, 1.807) is 6.07 Å². The Bertz CT molecular complexity index is 397. The summed E-state index contributed by atoms with van der Waals surface area (Å²) in [5.41, 5.74) is 0.821. The molecule has 1 fully saturated rings. The van der Waals surface area contributed by atoms with Crippen molar-refractivity contribution in [2.75, 3.05) is 18.5 Å². The molecule has 2 unspecified atom stereocenters. The smallest absolute Gasteiger partial charge is 0.145 e. The molecule has 3 nitrogen and oxygen atoms in total. The number of benzene rings is 1. The van der Waals surface area contributed by atoms with Crippen molar-refractivity contribution in [1.82, 2.24) is 0 Å². The zero-order valence-corrected chi connectivity index (χ0v) is 10.9. The first-order valence-electron chi connectivity index (χ1n) is 6.50. The highest BCUT2D eigenvalue weighted by atomic mass is 19.1. The molecule has 0 saturated carbocycles. The average Bonchev–Trinajstić information content (AvgIpc) is 2.75. The van der Waals surface area contributed by atoms with Gasteiger partial charge in [0.25, 0.3) is 0 Å². The minimum atomic E-state index is -0.283. The Kier molecular flexibility index (Phi) is 4.42. The van der Waals surface area contributed by atoms with Gasteiger partial charge in [0, 0.05) is 12.6 Å². The lowest BCUT2D eigenvalue weighted by Crippen LogP contribution is -2.20. The molecule has 0 spiro atoms. The maximum Gasteiger partial charge on any atom is 0.145 e. The van der Waals surface area contributed by atoms with Gasteiger partial charge in [-0.05, 0) is 38.8 Å². The largest absolute Gasteiger partial charge is 0.492 e. The van der Waals surface area contributed by atoms with Crippen molar-refractivity contribution in [2.45, 2.75) is 38.9 Å². The highest BCUT2D eigenvalue weighted by Crippen LogP contribution is 2.26. The van der Waals surface area contributed by atoms with E-state index in [1.165, 1.54) is 12.1 Å². The van der Waals surface area contributed by atoms with Crippen molar-refractivity contribution in [1.29, 1.82) is 0 Å². The van der Waals surface area contributed by atoms with Crippen LogP contribution in [0.15, 0.2) is 18.2 Å². The molecule has 1 saturated heterocycles. The van der Waals surface area contributed by atoms with Gasteiger partial charge in [-0.1, -0.05) is 0 Å². The number of rotatable bonds is 5. The predicted octanol–water partition coefficient (Wildman–Crippen LogP) is 3.20. The van der Waals surface area contributed by atoms with Crippen molar-refractivity contribution in [3.63, 3.8) is 0 Å². The van der Waals surface area contributed by atoms with Gasteiger partial charge >= 0.3 is 0 Å². The molecular formula is C14H20FNO2. The average molecular weight is 253 g/mol. The first-order chi connectivity index (χ1) is 8.69. The molecule has 0 aromatic heterocycles. The summed E-state index contributed by atoms with van der Waals surface area (Å²) in [6.45, 7) is 5.23. The predicted molar refractivity (Wildman–Crippen MR) is 69.6 cm³/mol. The van der Waals surface area contributed by atoms with Gasteiger partial charge < -0.3 is 14.8 Å². The van der Waals surface area contributed by atoms with Crippen LogP contribution >= 0.6 is 0 Å². The summed E-state index contributed by atoms with van der Waals surface area (Å²) in [7, 11) is 0. The molecule has 1 aromatic carbocycles. The minimum absolute atomic E-state index is 0.236. The molecule has 0 radical (unpaired) electrons. The molecule has 1 heterocycles. The quantitative estimate of drug-likeness (QED) is 0.874. The van der Waals surface area contributed by atoms with Crippen LogP contribution in [0.5, 0.6) is 5.75 Å². The van der Waals surface area contributed by atoms with E-state index in [-0.39, 0.29) is 11.9 Å². The van der Waals surface area contributed by atoms with Crippen LogP contribution in [-0.4, -0.2) is 25.4 Å². The van der Waals surface area contributed by atoms with Crippen LogP contribution in [0, 0.1) is 5.82 Å². The molecule has 0 aliphatic carbocycles. The van der Waals surface area contributed by atoms with E-state index in [9.17, 15) is 4.39 Å². The van der Waals surface area contributed by atoms with Crippen molar-refractivity contribution >= 4 is 5.69 Å². The van der Waals surface area contributed by atoms with Crippen molar-refractivity contribution < 1.29 is 13.9 Å². The van der Waals surface area contributed by atoms with E-state index in [2.05, 4.69) is 12.2 Å². The SMILES string of the molecule is CCOc1cc(F)ccc1NCC1CCC(C)O1. The van der Waals surface area contributed by atoms with Crippen LogP contribution in [0.2, 0.25) is 0 Å². The number of anilines is 1. The van der Waals surface area contributed by atoms with E-state index in [4.69, 9.17) is 9.47 Å². The van der Waals surface area contributed by atoms with Crippen LogP contribution in [0.3, 0.4) is 0 Å². The Hall–Kier alpha value is -1.29. The lowest BCUT2D eigenvalue weighted by Gasteiger charge is -2.16. The van der Waals surface area contributed by atoms with Gasteiger partial charge in [0.2, 0.25) is 0 Å². The number of hydrogen-bond acceptors (Lipinski definition) is 3. The fourth-order valence-electron chi connectivity index (χ4n) is 2.18. The van der Waals surface area contributed by atoms with Gasteiger partial charge in [-0.2, -0.15) is 0 Å². The molecule has 1 aliphatic heterocycles. The second-order valence-electron chi connectivity index (χ2n) is 4.60. The molecule has 4 heteroatoms. The highest BCUT2D eigenvalue weighted by Gasteiger charge is 2.21. The number of ether oxygens (including phenoxy) is 2. The molecule has 1 aliphatic rings. The van der Waals surface area contributed by atoms with Gasteiger partial charge in [0.05, 0.1) is 24.5 Å². The van der Waals surface area contributed by atoms with E-state index in [1.807, 2.05) is 6.92 Å². The zero-order valence-electron chi connectivity index (χ0n) is 10.9. The minimum Gasteiger partial charge on any atom is -0.492 e. The van der Waals surface area contributed by atoms with Gasteiger partial charge in [0.1, 0.15) is 11.6 Å². The fourth-order valence-corrected chi connectivity index (χ4v) is 2.18. The lowest BCUT2D eigenvalue weighted by atomic mass is 10.2. The Morgan fingerprint density at radius 2 is 2.28 bits per heavy atom. The summed E-state index contributed by atoms with van der Waals surface area (Å²) in [6.07, 6.45) is 2.75. The number of hydrogen-bond donors (Lipinski definition) is 1. The van der Waals surface area contributed by atoms with Crippen LogP contribution in [0.4, 0.5) is 10.1 Å². The van der Waals surface area contributed by atoms with Crippen LogP contribution in [0.1, 0.15) is 26.7 Å². The van der Waals surface area contributed by atoms with Gasteiger partial charge in [0.15, 0.2) is 0 Å². The van der Waals surface area contributed by atoms with E-state index < -0.39 is 0 Å². The number of halogens is 1. The second kappa shape index (κ2) is 6.05. The molecule has 2 rings (SSSR count). The molecule has 1 aromatic rings. The van der Waals surface area contributed by atoms with Crippen molar-refractivity contribution in [2.24, 2.45) is 0 Å². The Morgan fingerprint density at radius 1 is 1.44 bits per heavy atom. The third kappa shape index (κ3) is 3.35. The van der Waals surface area contributed by atoms with Crippen LogP contribution < -0.4 is 10.1 Å². The van der Waals surface area contributed by atoms with E-state index in [0.717, 1.165) is 25.1 Å². The molecule has 0 amide bonds. The van der Waals surface area contributed by atoms with Gasteiger partial charge in [-0.3, -0.25) is 0 Å². The van der Waals surface area contributed by atoms with Crippen LogP contribution in [0.25, 0.3) is 0 Å². The van der Waals surface area contributed by atoms with Crippen molar-refractivity contribution in [3.05, 3.63) is 24.0 Å². The van der Waals surface area contributed by atoms with E-state index >= 15 is 0 Å². The molecule has 0 bridgehead atoms. The first-order valence-corrected chi connectivity index (χ1v) is 6.50. The molecule has 18 heavy (non-hydrogen) atoms.